The fourth-order valence-corrected chi connectivity index (χ4v) is 4.36. The third-order valence-electron chi connectivity index (χ3n) is 6.40. The van der Waals surface area contributed by atoms with Crippen LogP contribution in [0, 0.1) is 13.8 Å². The zero-order valence-electron chi connectivity index (χ0n) is 18.4. The van der Waals surface area contributed by atoms with Crippen LogP contribution in [0.5, 0.6) is 5.75 Å². The van der Waals surface area contributed by atoms with Crippen molar-refractivity contribution in [2.75, 3.05) is 26.2 Å². The zero-order chi connectivity index (χ0) is 21.3. The van der Waals surface area contributed by atoms with Gasteiger partial charge in [0.05, 0.1) is 0 Å². The monoisotopic (exact) mass is 405 g/mol. The summed E-state index contributed by atoms with van der Waals surface area (Å²) in [6.07, 6.45) is 6.00. The fraction of sp³-hybridized carbons (Fsp3) is 0.440. The molecule has 1 aromatic carbocycles. The van der Waals surface area contributed by atoms with Crippen LogP contribution in [0.4, 0.5) is 0 Å². The standard InChI is InChI=1S/C25H31N3O2/c1-5-28(6-2)24(29)22-8-7-19(16-27-22)21-15-25(9-11-26-12-10-25)30-23-14-18(4)17(3)13-20(21)23/h7-8,13-16,26H,5-6,9-12H2,1-4H3. The Balaban J connectivity index is 1.75. The average molecular weight is 406 g/mol. The molecule has 1 spiro atoms. The number of benzene rings is 1. The van der Waals surface area contributed by atoms with E-state index in [9.17, 15) is 4.79 Å². The number of rotatable bonds is 4. The van der Waals surface area contributed by atoms with Crippen molar-refractivity contribution in [2.24, 2.45) is 0 Å². The van der Waals surface area contributed by atoms with Gasteiger partial charge in [-0.05, 0) is 81.8 Å². The van der Waals surface area contributed by atoms with Crippen molar-refractivity contribution < 1.29 is 9.53 Å². The molecule has 1 fully saturated rings. The Morgan fingerprint density at radius 1 is 1.13 bits per heavy atom. The molecule has 2 aromatic rings. The lowest BCUT2D eigenvalue weighted by atomic mass is 9.83. The molecular formula is C25H31N3O2. The van der Waals surface area contributed by atoms with Crippen LogP contribution in [0.3, 0.4) is 0 Å². The molecule has 2 aliphatic heterocycles. The van der Waals surface area contributed by atoms with Gasteiger partial charge in [-0.25, -0.2) is 0 Å². The fourth-order valence-electron chi connectivity index (χ4n) is 4.36. The Kier molecular flexibility index (Phi) is 5.65. The van der Waals surface area contributed by atoms with Crippen molar-refractivity contribution >= 4 is 11.5 Å². The number of carbonyl (C=O) groups excluding carboxylic acids is 1. The quantitative estimate of drug-likeness (QED) is 0.831. The molecule has 1 amide bonds. The molecule has 1 aromatic heterocycles. The molecule has 30 heavy (non-hydrogen) atoms. The second-order valence-electron chi connectivity index (χ2n) is 8.32. The lowest BCUT2D eigenvalue weighted by Gasteiger charge is -2.40. The summed E-state index contributed by atoms with van der Waals surface area (Å²) in [5, 5.41) is 3.43. The van der Waals surface area contributed by atoms with Gasteiger partial charge in [0.25, 0.3) is 5.91 Å². The van der Waals surface area contributed by atoms with E-state index < -0.39 is 0 Å². The first kappa shape index (κ1) is 20.6. The number of amides is 1. The summed E-state index contributed by atoms with van der Waals surface area (Å²) in [7, 11) is 0. The maximum atomic E-state index is 12.6. The maximum Gasteiger partial charge on any atom is 0.272 e. The molecule has 2 aliphatic rings. The molecule has 0 atom stereocenters. The summed E-state index contributed by atoms with van der Waals surface area (Å²) in [6.45, 7) is 11.5. The van der Waals surface area contributed by atoms with Crippen molar-refractivity contribution in [3.8, 4) is 5.75 Å². The van der Waals surface area contributed by atoms with Crippen molar-refractivity contribution in [1.82, 2.24) is 15.2 Å². The Morgan fingerprint density at radius 2 is 1.83 bits per heavy atom. The summed E-state index contributed by atoms with van der Waals surface area (Å²) >= 11 is 0. The summed E-state index contributed by atoms with van der Waals surface area (Å²) in [5.41, 5.74) is 5.96. The van der Waals surface area contributed by atoms with E-state index in [1.807, 2.05) is 32.2 Å². The van der Waals surface area contributed by atoms with Gasteiger partial charge in [0.2, 0.25) is 0 Å². The van der Waals surface area contributed by atoms with Gasteiger partial charge in [-0.15, -0.1) is 0 Å². The number of carbonyl (C=O) groups is 1. The molecule has 1 N–H and O–H groups in total. The molecule has 0 aliphatic carbocycles. The first-order valence-electron chi connectivity index (χ1n) is 11.0. The summed E-state index contributed by atoms with van der Waals surface area (Å²) < 4.78 is 6.57. The molecule has 3 heterocycles. The number of pyridine rings is 1. The minimum absolute atomic E-state index is 0.0193. The zero-order valence-corrected chi connectivity index (χ0v) is 18.4. The SMILES string of the molecule is CCN(CC)C(=O)c1ccc(C2=CC3(CCNCC3)Oc3cc(C)c(C)cc32)cn1. The van der Waals surface area contributed by atoms with E-state index in [-0.39, 0.29) is 11.5 Å². The molecule has 0 radical (unpaired) electrons. The molecule has 5 heteroatoms. The van der Waals surface area contributed by atoms with Crippen LogP contribution in [0.2, 0.25) is 0 Å². The van der Waals surface area contributed by atoms with Gasteiger partial charge in [-0.2, -0.15) is 0 Å². The molecule has 4 rings (SSSR count). The predicted molar refractivity (Wildman–Crippen MR) is 120 cm³/mol. The number of aryl methyl sites for hydroxylation is 2. The molecule has 0 saturated carbocycles. The van der Waals surface area contributed by atoms with Gasteiger partial charge in [0.1, 0.15) is 17.0 Å². The number of nitrogens with one attached hydrogen (secondary N) is 1. The van der Waals surface area contributed by atoms with E-state index in [1.54, 1.807) is 4.90 Å². The normalized spacial score (nSPS) is 17.1. The van der Waals surface area contributed by atoms with Gasteiger partial charge in [0.15, 0.2) is 0 Å². The second kappa shape index (κ2) is 8.23. The smallest absolute Gasteiger partial charge is 0.272 e. The minimum atomic E-state index is -0.287. The molecule has 0 unspecified atom stereocenters. The van der Waals surface area contributed by atoms with Gasteiger partial charge < -0.3 is 15.0 Å². The van der Waals surface area contributed by atoms with Crippen LogP contribution in [0.25, 0.3) is 5.57 Å². The summed E-state index contributed by atoms with van der Waals surface area (Å²) in [5.74, 6) is 0.926. The third-order valence-corrected chi connectivity index (χ3v) is 6.40. The Labute approximate surface area is 179 Å². The Hall–Kier alpha value is -2.66. The van der Waals surface area contributed by atoms with Crippen LogP contribution < -0.4 is 10.1 Å². The number of hydrogen-bond acceptors (Lipinski definition) is 4. The number of aromatic nitrogens is 1. The maximum absolute atomic E-state index is 12.6. The number of ether oxygens (including phenoxy) is 1. The van der Waals surface area contributed by atoms with Crippen molar-refractivity contribution in [3.05, 3.63) is 64.5 Å². The number of nitrogens with zero attached hydrogens (tertiary/aromatic N) is 2. The van der Waals surface area contributed by atoms with Crippen molar-refractivity contribution in [1.29, 1.82) is 0 Å². The van der Waals surface area contributed by atoms with E-state index in [0.29, 0.717) is 18.8 Å². The lowest BCUT2D eigenvalue weighted by molar-refractivity contribution is 0.0766. The highest BCUT2D eigenvalue weighted by atomic mass is 16.5. The van der Waals surface area contributed by atoms with Gasteiger partial charge in [0, 0.05) is 43.3 Å². The van der Waals surface area contributed by atoms with E-state index in [1.165, 1.54) is 11.1 Å². The number of fused-ring (bicyclic) bond motifs is 1. The molecule has 1 saturated heterocycles. The van der Waals surface area contributed by atoms with E-state index in [2.05, 4.69) is 42.4 Å². The van der Waals surface area contributed by atoms with E-state index in [0.717, 1.165) is 48.4 Å². The van der Waals surface area contributed by atoms with E-state index in [4.69, 9.17) is 4.74 Å². The van der Waals surface area contributed by atoms with Crippen LogP contribution >= 0.6 is 0 Å². The molecule has 5 nitrogen and oxygen atoms in total. The van der Waals surface area contributed by atoms with Crippen molar-refractivity contribution in [3.63, 3.8) is 0 Å². The van der Waals surface area contributed by atoms with Crippen LogP contribution in [0.15, 0.2) is 36.5 Å². The highest BCUT2D eigenvalue weighted by molar-refractivity contribution is 5.93. The molecular weight excluding hydrogens is 374 g/mol. The Morgan fingerprint density at radius 3 is 2.47 bits per heavy atom. The molecule has 158 valence electrons. The summed E-state index contributed by atoms with van der Waals surface area (Å²) in [4.78, 5) is 19.0. The highest BCUT2D eigenvalue weighted by Gasteiger charge is 2.37. The number of hydrogen-bond donors (Lipinski definition) is 1. The largest absolute Gasteiger partial charge is 0.482 e. The summed E-state index contributed by atoms with van der Waals surface area (Å²) in [6, 6.07) is 8.24. The third kappa shape index (κ3) is 3.74. The van der Waals surface area contributed by atoms with Gasteiger partial charge >= 0.3 is 0 Å². The first-order chi connectivity index (χ1) is 14.5. The van der Waals surface area contributed by atoms with Gasteiger partial charge in [-0.3, -0.25) is 9.78 Å². The minimum Gasteiger partial charge on any atom is -0.482 e. The average Bonchev–Trinajstić information content (AvgIpc) is 2.76. The molecule has 0 bridgehead atoms. The van der Waals surface area contributed by atoms with Crippen LogP contribution in [-0.2, 0) is 0 Å². The van der Waals surface area contributed by atoms with Crippen LogP contribution in [0.1, 0.15) is 59.4 Å². The predicted octanol–water partition coefficient (Wildman–Crippen LogP) is 4.13. The van der Waals surface area contributed by atoms with Gasteiger partial charge in [-0.1, -0.05) is 6.07 Å². The Bertz CT molecular complexity index is 969. The number of piperidine rings is 1. The lowest BCUT2D eigenvalue weighted by Crippen LogP contribution is -2.46. The first-order valence-corrected chi connectivity index (χ1v) is 11.0. The van der Waals surface area contributed by atoms with Crippen LogP contribution in [-0.4, -0.2) is 47.6 Å². The topological polar surface area (TPSA) is 54.5 Å². The van der Waals surface area contributed by atoms with Crippen molar-refractivity contribution in [2.45, 2.75) is 46.1 Å². The highest BCUT2D eigenvalue weighted by Crippen LogP contribution is 2.43. The second-order valence-corrected chi connectivity index (χ2v) is 8.32. The van der Waals surface area contributed by atoms with E-state index >= 15 is 0 Å².